The van der Waals surface area contributed by atoms with Gasteiger partial charge in [-0.3, -0.25) is 9.69 Å². The van der Waals surface area contributed by atoms with Gasteiger partial charge in [-0.25, -0.2) is 0 Å². The molecule has 1 saturated carbocycles. The van der Waals surface area contributed by atoms with Crippen LogP contribution in [-0.4, -0.2) is 34.6 Å². The van der Waals surface area contributed by atoms with Crippen LogP contribution in [0.1, 0.15) is 52.9 Å². The van der Waals surface area contributed by atoms with Crippen molar-refractivity contribution in [2.24, 2.45) is 11.3 Å². The molecule has 0 aromatic rings. The van der Waals surface area contributed by atoms with E-state index in [2.05, 4.69) is 25.7 Å². The van der Waals surface area contributed by atoms with Gasteiger partial charge >= 0.3 is 5.97 Å². The van der Waals surface area contributed by atoms with Gasteiger partial charge in [-0.1, -0.05) is 20.3 Å². The number of carboxylic acid groups (broad SMARTS) is 1. The Kier molecular flexibility index (Phi) is 3.48. The van der Waals surface area contributed by atoms with E-state index in [-0.39, 0.29) is 12.0 Å². The quantitative estimate of drug-likeness (QED) is 0.805. The Hall–Kier alpha value is -0.570. The van der Waals surface area contributed by atoms with Gasteiger partial charge in [0.1, 0.15) is 0 Å². The molecule has 17 heavy (non-hydrogen) atoms. The molecule has 3 atom stereocenters. The normalized spacial score (nSPS) is 38.2. The lowest BCUT2D eigenvalue weighted by Gasteiger charge is -2.41. The number of carbonyl (C=O) groups is 1. The summed E-state index contributed by atoms with van der Waals surface area (Å²) < 4.78 is 0. The lowest BCUT2D eigenvalue weighted by atomic mass is 9.74. The Bertz CT molecular complexity index is 301. The summed E-state index contributed by atoms with van der Waals surface area (Å²) >= 11 is 0. The predicted octanol–water partition coefficient (Wildman–Crippen LogP) is 2.75. The standard InChI is InChI=1S/C14H25NO2/c1-10-12(13(16)17)6-8-15(10)11-5-4-7-14(2,3)9-11/h10-12H,4-9H2,1-3H3,(H,16,17). The number of nitrogens with zero attached hydrogens (tertiary/aromatic N) is 1. The summed E-state index contributed by atoms with van der Waals surface area (Å²) in [6, 6.07) is 0.824. The molecule has 0 bridgehead atoms. The van der Waals surface area contributed by atoms with E-state index >= 15 is 0 Å². The first-order valence-corrected chi connectivity index (χ1v) is 6.89. The number of aliphatic carboxylic acids is 1. The van der Waals surface area contributed by atoms with Crippen LogP contribution in [0.3, 0.4) is 0 Å². The molecule has 1 saturated heterocycles. The summed E-state index contributed by atoms with van der Waals surface area (Å²) in [6.45, 7) is 7.75. The highest BCUT2D eigenvalue weighted by molar-refractivity contribution is 5.71. The van der Waals surface area contributed by atoms with E-state index in [1.165, 1.54) is 25.7 Å². The zero-order valence-corrected chi connectivity index (χ0v) is 11.3. The Morgan fingerprint density at radius 1 is 1.35 bits per heavy atom. The molecule has 0 amide bonds. The highest BCUT2D eigenvalue weighted by Gasteiger charge is 2.41. The largest absolute Gasteiger partial charge is 0.481 e. The minimum Gasteiger partial charge on any atom is -0.481 e. The second-order valence-corrected chi connectivity index (χ2v) is 6.63. The third-order valence-electron chi connectivity index (χ3n) is 4.77. The fourth-order valence-corrected chi connectivity index (χ4v) is 3.75. The van der Waals surface area contributed by atoms with Crippen LogP contribution >= 0.6 is 0 Å². The highest BCUT2D eigenvalue weighted by atomic mass is 16.4. The number of hydrogen-bond donors (Lipinski definition) is 1. The van der Waals surface area contributed by atoms with E-state index in [1.807, 2.05) is 0 Å². The van der Waals surface area contributed by atoms with Gasteiger partial charge in [-0.2, -0.15) is 0 Å². The number of rotatable bonds is 2. The molecule has 3 heteroatoms. The van der Waals surface area contributed by atoms with Gasteiger partial charge in [-0.15, -0.1) is 0 Å². The monoisotopic (exact) mass is 239 g/mol. The molecule has 0 spiro atoms. The van der Waals surface area contributed by atoms with Crippen molar-refractivity contribution in [3.05, 3.63) is 0 Å². The molecular weight excluding hydrogens is 214 g/mol. The maximum Gasteiger partial charge on any atom is 0.308 e. The van der Waals surface area contributed by atoms with Gasteiger partial charge in [0, 0.05) is 12.1 Å². The first-order valence-electron chi connectivity index (χ1n) is 6.89. The summed E-state index contributed by atoms with van der Waals surface area (Å²) in [5.74, 6) is -0.768. The first kappa shape index (κ1) is 12.9. The molecular formula is C14H25NO2. The molecule has 1 aliphatic carbocycles. The van der Waals surface area contributed by atoms with Crippen molar-refractivity contribution in [2.75, 3.05) is 6.54 Å². The second-order valence-electron chi connectivity index (χ2n) is 6.63. The maximum atomic E-state index is 11.1. The van der Waals surface area contributed by atoms with Gasteiger partial charge in [0.25, 0.3) is 0 Å². The van der Waals surface area contributed by atoms with Crippen molar-refractivity contribution in [3.63, 3.8) is 0 Å². The Labute approximate surface area is 104 Å². The Morgan fingerprint density at radius 2 is 2.06 bits per heavy atom. The molecule has 2 aliphatic rings. The average molecular weight is 239 g/mol. The van der Waals surface area contributed by atoms with Gasteiger partial charge in [0.15, 0.2) is 0 Å². The van der Waals surface area contributed by atoms with E-state index < -0.39 is 5.97 Å². The van der Waals surface area contributed by atoms with Crippen LogP contribution in [0, 0.1) is 11.3 Å². The predicted molar refractivity (Wildman–Crippen MR) is 67.9 cm³/mol. The molecule has 3 unspecified atom stereocenters. The van der Waals surface area contributed by atoms with E-state index in [9.17, 15) is 9.90 Å². The molecule has 3 nitrogen and oxygen atoms in total. The van der Waals surface area contributed by atoms with Crippen molar-refractivity contribution in [1.29, 1.82) is 0 Å². The van der Waals surface area contributed by atoms with Crippen LogP contribution in [0.2, 0.25) is 0 Å². The van der Waals surface area contributed by atoms with Gasteiger partial charge in [0.2, 0.25) is 0 Å². The maximum absolute atomic E-state index is 11.1. The molecule has 1 heterocycles. The van der Waals surface area contributed by atoms with Crippen molar-refractivity contribution in [3.8, 4) is 0 Å². The Morgan fingerprint density at radius 3 is 2.59 bits per heavy atom. The third kappa shape index (κ3) is 2.65. The highest BCUT2D eigenvalue weighted by Crippen LogP contribution is 2.40. The van der Waals surface area contributed by atoms with Crippen LogP contribution in [0.15, 0.2) is 0 Å². The van der Waals surface area contributed by atoms with Crippen LogP contribution in [0.5, 0.6) is 0 Å². The molecule has 98 valence electrons. The van der Waals surface area contributed by atoms with E-state index in [4.69, 9.17) is 0 Å². The van der Waals surface area contributed by atoms with Crippen LogP contribution < -0.4 is 0 Å². The lowest BCUT2D eigenvalue weighted by molar-refractivity contribution is -0.142. The van der Waals surface area contributed by atoms with Crippen LogP contribution in [0.25, 0.3) is 0 Å². The molecule has 0 radical (unpaired) electrons. The van der Waals surface area contributed by atoms with Crippen molar-refractivity contribution < 1.29 is 9.90 Å². The molecule has 1 N–H and O–H groups in total. The SMILES string of the molecule is CC1C(C(=O)O)CCN1C1CCCC(C)(C)C1. The van der Waals surface area contributed by atoms with Gasteiger partial charge in [0.05, 0.1) is 5.92 Å². The fraction of sp³-hybridized carbons (Fsp3) is 0.929. The van der Waals surface area contributed by atoms with Crippen molar-refractivity contribution in [1.82, 2.24) is 4.90 Å². The van der Waals surface area contributed by atoms with E-state index in [1.54, 1.807) is 0 Å². The van der Waals surface area contributed by atoms with Crippen molar-refractivity contribution in [2.45, 2.75) is 65.0 Å². The van der Waals surface area contributed by atoms with E-state index in [0.29, 0.717) is 11.5 Å². The Balaban J connectivity index is 2.01. The molecule has 2 fully saturated rings. The second kappa shape index (κ2) is 4.60. The minimum absolute atomic E-state index is 0.153. The van der Waals surface area contributed by atoms with Crippen LogP contribution in [0.4, 0.5) is 0 Å². The zero-order chi connectivity index (χ0) is 12.6. The summed E-state index contributed by atoms with van der Waals surface area (Å²) in [7, 11) is 0. The molecule has 0 aromatic carbocycles. The topological polar surface area (TPSA) is 40.5 Å². The first-order chi connectivity index (χ1) is 7.91. The average Bonchev–Trinajstić information content (AvgIpc) is 2.58. The number of likely N-dealkylation sites (tertiary alicyclic amines) is 1. The summed E-state index contributed by atoms with van der Waals surface area (Å²) in [4.78, 5) is 13.6. The molecule has 1 aliphatic heterocycles. The number of carboxylic acids is 1. The van der Waals surface area contributed by atoms with Crippen molar-refractivity contribution >= 4 is 5.97 Å². The van der Waals surface area contributed by atoms with Crippen LogP contribution in [-0.2, 0) is 4.79 Å². The minimum atomic E-state index is -0.616. The summed E-state index contributed by atoms with van der Waals surface area (Å²) in [5.41, 5.74) is 0.434. The summed E-state index contributed by atoms with van der Waals surface area (Å²) in [6.07, 6.45) is 5.91. The lowest BCUT2D eigenvalue weighted by Crippen LogP contribution is -2.44. The summed E-state index contributed by atoms with van der Waals surface area (Å²) in [5, 5.41) is 9.18. The van der Waals surface area contributed by atoms with E-state index in [0.717, 1.165) is 13.0 Å². The molecule has 2 rings (SSSR count). The third-order valence-corrected chi connectivity index (χ3v) is 4.77. The van der Waals surface area contributed by atoms with Gasteiger partial charge in [-0.05, 0) is 44.6 Å². The fourth-order valence-electron chi connectivity index (χ4n) is 3.75. The smallest absolute Gasteiger partial charge is 0.308 e. The van der Waals surface area contributed by atoms with Gasteiger partial charge < -0.3 is 5.11 Å². The number of hydrogen-bond acceptors (Lipinski definition) is 2. The molecule has 0 aromatic heterocycles. The zero-order valence-electron chi connectivity index (χ0n) is 11.3.